The minimum atomic E-state index is 0. The summed E-state index contributed by atoms with van der Waals surface area (Å²) in [5.74, 6) is 1.08. The number of nitrogens with one attached hydrogen (secondary N) is 2. The number of halogens is 1. The largest absolute Gasteiger partial charge is 0.311 e. The van der Waals surface area contributed by atoms with E-state index >= 15 is 0 Å². The Hall–Kier alpha value is -0.720. The van der Waals surface area contributed by atoms with Crippen LogP contribution >= 0.6 is 23.7 Å². The molecule has 2 N–H and O–H groups in total. The van der Waals surface area contributed by atoms with Gasteiger partial charge in [0.15, 0.2) is 0 Å². The average molecular weight is 359 g/mol. The molecule has 0 aromatic carbocycles. The minimum absolute atomic E-state index is 0. The highest BCUT2D eigenvalue weighted by Gasteiger charge is 2.34. The van der Waals surface area contributed by atoms with Gasteiger partial charge in [-0.15, -0.1) is 22.6 Å². The third-order valence-electron chi connectivity index (χ3n) is 5.07. The average Bonchev–Trinajstić information content (AvgIpc) is 3.07. The zero-order valence-corrected chi connectivity index (χ0v) is 15.5. The Balaban J connectivity index is 0.00000192. The van der Waals surface area contributed by atoms with Crippen molar-refractivity contribution in [3.05, 3.63) is 5.01 Å². The van der Waals surface area contributed by atoms with E-state index in [9.17, 15) is 4.79 Å². The van der Waals surface area contributed by atoms with Crippen molar-refractivity contribution in [1.29, 1.82) is 0 Å². The molecule has 2 aliphatic heterocycles. The highest BCUT2D eigenvalue weighted by atomic mass is 35.5. The molecule has 5 nitrogen and oxygen atoms in total. The highest BCUT2D eigenvalue weighted by molar-refractivity contribution is 7.15. The SMILES string of the molecule is CCC(CC)c1nnc(NC(=O)CC2CC3CCC(C2)N3)s1.Cl. The summed E-state index contributed by atoms with van der Waals surface area (Å²) in [6.45, 7) is 4.33. The topological polar surface area (TPSA) is 66.9 Å². The van der Waals surface area contributed by atoms with Gasteiger partial charge < -0.3 is 10.6 Å². The normalized spacial score (nSPS) is 26.1. The molecular weight excluding hydrogens is 332 g/mol. The van der Waals surface area contributed by atoms with Crippen LogP contribution < -0.4 is 10.6 Å². The summed E-state index contributed by atoms with van der Waals surface area (Å²) in [5, 5.41) is 16.6. The zero-order valence-electron chi connectivity index (χ0n) is 13.9. The fourth-order valence-electron chi connectivity index (χ4n) is 3.86. The molecule has 0 saturated carbocycles. The van der Waals surface area contributed by atoms with E-state index < -0.39 is 0 Å². The lowest BCUT2D eigenvalue weighted by atomic mass is 9.89. The summed E-state index contributed by atoms with van der Waals surface area (Å²) in [7, 11) is 0. The summed E-state index contributed by atoms with van der Waals surface area (Å²) >= 11 is 1.53. The molecule has 1 amide bonds. The molecule has 2 atom stereocenters. The van der Waals surface area contributed by atoms with E-state index in [1.807, 2.05) is 0 Å². The van der Waals surface area contributed by atoms with E-state index in [1.54, 1.807) is 0 Å². The van der Waals surface area contributed by atoms with Gasteiger partial charge in [0, 0.05) is 24.4 Å². The number of carbonyl (C=O) groups is 1. The molecule has 3 heterocycles. The number of piperidine rings is 1. The van der Waals surface area contributed by atoms with E-state index in [1.165, 1.54) is 24.2 Å². The monoisotopic (exact) mass is 358 g/mol. The molecule has 7 heteroatoms. The van der Waals surface area contributed by atoms with Crippen molar-refractivity contribution in [3.63, 3.8) is 0 Å². The first-order chi connectivity index (χ1) is 10.7. The predicted molar refractivity (Wildman–Crippen MR) is 96.4 cm³/mol. The Kier molecular flexibility index (Phi) is 6.80. The van der Waals surface area contributed by atoms with Gasteiger partial charge in [0.1, 0.15) is 5.01 Å². The highest BCUT2D eigenvalue weighted by Crippen LogP contribution is 2.33. The molecule has 23 heavy (non-hydrogen) atoms. The van der Waals surface area contributed by atoms with Crippen LogP contribution in [0.4, 0.5) is 5.13 Å². The summed E-state index contributed by atoms with van der Waals surface area (Å²) in [6, 6.07) is 1.28. The standard InChI is InChI=1S/C16H26N4OS.ClH/c1-3-11(4-2)15-19-20-16(22-15)18-14(21)9-10-7-12-5-6-13(8-10)17-12;/h10-13,17H,3-9H2,1-2H3,(H,18,20,21);1H. The smallest absolute Gasteiger partial charge is 0.226 e. The van der Waals surface area contributed by atoms with E-state index in [2.05, 4.69) is 34.7 Å². The Morgan fingerprint density at radius 2 is 1.91 bits per heavy atom. The number of hydrogen-bond donors (Lipinski definition) is 2. The van der Waals surface area contributed by atoms with Gasteiger partial charge in [0.05, 0.1) is 0 Å². The predicted octanol–water partition coefficient (Wildman–Crippen LogP) is 3.72. The Labute approximate surface area is 148 Å². The first kappa shape index (κ1) is 18.6. The van der Waals surface area contributed by atoms with Crippen molar-refractivity contribution in [1.82, 2.24) is 15.5 Å². The van der Waals surface area contributed by atoms with Crippen molar-refractivity contribution >= 4 is 34.8 Å². The van der Waals surface area contributed by atoms with Gasteiger partial charge in [-0.25, -0.2) is 0 Å². The van der Waals surface area contributed by atoms with Gasteiger partial charge in [-0.05, 0) is 44.4 Å². The number of rotatable bonds is 6. The molecule has 2 bridgehead atoms. The maximum atomic E-state index is 12.2. The Bertz CT molecular complexity index is 508. The van der Waals surface area contributed by atoms with Crippen LogP contribution in [0.2, 0.25) is 0 Å². The van der Waals surface area contributed by atoms with Crippen molar-refractivity contribution < 1.29 is 4.79 Å². The number of hydrogen-bond acceptors (Lipinski definition) is 5. The van der Waals surface area contributed by atoms with Crippen LogP contribution in [0.3, 0.4) is 0 Å². The lowest BCUT2D eigenvalue weighted by Crippen LogP contribution is -2.39. The number of carbonyl (C=O) groups excluding carboxylic acids is 1. The minimum Gasteiger partial charge on any atom is -0.311 e. The van der Waals surface area contributed by atoms with E-state index in [4.69, 9.17) is 0 Å². The van der Waals surface area contributed by atoms with Gasteiger partial charge in [-0.1, -0.05) is 25.2 Å². The molecule has 2 saturated heterocycles. The third kappa shape index (κ3) is 4.64. The summed E-state index contributed by atoms with van der Waals surface area (Å²) in [6.07, 6.45) is 7.58. The van der Waals surface area contributed by atoms with Crippen molar-refractivity contribution in [2.75, 3.05) is 5.32 Å². The lowest BCUT2D eigenvalue weighted by Gasteiger charge is -2.28. The summed E-state index contributed by atoms with van der Waals surface area (Å²) < 4.78 is 0. The molecule has 130 valence electrons. The van der Waals surface area contributed by atoms with E-state index in [0.717, 1.165) is 30.7 Å². The number of fused-ring (bicyclic) bond motifs is 2. The fourth-order valence-corrected chi connectivity index (χ4v) is 4.89. The van der Waals surface area contributed by atoms with Gasteiger partial charge >= 0.3 is 0 Å². The van der Waals surface area contributed by atoms with Crippen LogP contribution in [-0.2, 0) is 4.79 Å². The zero-order chi connectivity index (χ0) is 15.5. The number of anilines is 1. The molecular formula is C16H27ClN4OS. The second-order valence-electron chi connectivity index (χ2n) is 6.69. The molecule has 3 rings (SSSR count). The van der Waals surface area contributed by atoms with Crippen LogP contribution in [0.25, 0.3) is 0 Å². The maximum absolute atomic E-state index is 12.2. The van der Waals surface area contributed by atoms with Crippen molar-refractivity contribution in [3.8, 4) is 0 Å². The van der Waals surface area contributed by atoms with E-state index in [0.29, 0.717) is 35.5 Å². The summed E-state index contributed by atoms with van der Waals surface area (Å²) in [4.78, 5) is 12.2. The van der Waals surface area contributed by atoms with Gasteiger partial charge in [-0.2, -0.15) is 0 Å². The maximum Gasteiger partial charge on any atom is 0.226 e. The third-order valence-corrected chi connectivity index (χ3v) is 6.07. The fraction of sp³-hybridized carbons (Fsp3) is 0.812. The van der Waals surface area contributed by atoms with Crippen LogP contribution in [-0.4, -0.2) is 28.2 Å². The molecule has 2 aliphatic rings. The Morgan fingerprint density at radius 1 is 1.26 bits per heavy atom. The van der Waals surface area contributed by atoms with Crippen LogP contribution in [0, 0.1) is 5.92 Å². The summed E-state index contributed by atoms with van der Waals surface area (Å²) in [5.41, 5.74) is 0. The second-order valence-corrected chi connectivity index (χ2v) is 7.70. The molecule has 0 spiro atoms. The van der Waals surface area contributed by atoms with Crippen LogP contribution in [0.1, 0.15) is 69.7 Å². The molecule has 0 radical (unpaired) electrons. The van der Waals surface area contributed by atoms with Gasteiger partial charge in [0.2, 0.25) is 11.0 Å². The molecule has 0 aliphatic carbocycles. The van der Waals surface area contributed by atoms with Crippen LogP contribution in [0.15, 0.2) is 0 Å². The Morgan fingerprint density at radius 3 is 2.52 bits per heavy atom. The molecule has 2 unspecified atom stereocenters. The number of amides is 1. The number of nitrogens with zero attached hydrogens (tertiary/aromatic N) is 2. The van der Waals surface area contributed by atoms with E-state index in [-0.39, 0.29) is 18.3 Å². The lowest BCUT2D eigenvalue weighted by molar-refractivity contribution is -0.117. The van der Waals surface area contributed by atoms with Gasteiger partial charge in [-0.3, -0.25) is 4.79 Å². The first-order valence-corrected chi connectivity index (χ1v) is 9.38. The van der Waals surface area contributed by atoms with Crippen LogP contribution in [0.5, 0.6) is 0 Å². The molecule has 2 fully saturated rings. The van der Waals surface area contributed by atoms with Crippen molar-refractivity contribution in [2.45, 2.75) is 76.8 Å². The second kappa shape index (κ2) is 8.40. The quantitative estimate of drug-likeness (QED) is 0.813. The molecule has 1 aromatic heterocycles. The number of aromatic nitrogens is 2. The molecule has 1 aromatic rings. The first-order valence-electron chi connectivity index (χ1n) is 8.57. The van der Waals surface area contributed by atoms with Gasteiger partial charge in [0.25, 0.3) is 0 Å². The van der Waals surface area contributed by atoms with Crippen molar-refractivity contribution in [2.24, 2.45) is 5.92 Å².